The molecule has 7 heteroatoms. The molecule has 1 unspecified atom stereocenters. The highest BCUT2D eigenvalue weighted by atomic mass is 16.5. The molecular weight excluding hydrogens is 330 g/mol. The van der Waals surface area contributed by atoms with Gasteiger partial charge in [-0.05, 0) is 31.9 Å². The van der Waals surface area contributed by atoms with Gasteiger partial charge in [0, 0.05) is 68.6 Å². The van der Waals surface area contributed by atoms with Crippen molar-refractivity contribution in [3.63, 3.8) is 0 Å². The van der Waals surface area contributed by atoms with E-state index >= 15 is 0 Å². The van der Waals surface area contributed by atoms with E-state index in [9.17, 15) is 4.79 Å². The van der Waals surface area contributed by atoms with Crippen LogP contribution in [0.3, 0.4) is 0 Å². The van der Waals surface area contributed by atoms with Gasteiger partial charge in [-0.15, -0.1) is 0 Å². The van der Waals surface area contributed by atoms with Crippen LogP contribution in [0.5, 0.6) is 0 Å². The lowest BCUT2D eigenvalue weighted by Gasteiger charge is -2.39. The normalized spacial score (nSPS) is 20.2. The van der Waals surface area contributed by atoms with Gasteiger partial charge in [0.15, 0.2) is 0 Å². The molecule has 1 atom stereocenters. The number of carbonyl (C=O) groups excluding carboxylic acids is 1. The number of rotatable bonds is 5. The highest BCUT2D eigenvalue weighted by molar-refractivity contribution is 5.75. The van der Waals surface area contributed by atoms with E-state index in [0.717, 1.165) is 56.2 Å². The molecule has 0 bridgehead atoms. The lowest BCUT2D eigenvalue weighted by molar-refractivity contribution is 0.0929. The Labute approximate surface area is 153 Å². The summed E-state index contributed by atoms with van der Waals surface area (Å²) in [6, 6.07) is 3.97. The van der Waals surface area contributed by atoms with E-state index in [4.69, 9.17) is 4.74 Å². The predicted octanol–water partition coefficient (Wildman–Crippen LogP) is 2.07. The number of nitrogens with one attached hydrogen (secondary N) is 1. The van der Waals surface area contributed by atoms with E-state index in [-0.39, 0.29) is 12.1 Å². The molecule has 7 nitrogen and oxygen atoms in total. The molecule has 2 aliphatic rings. The fourth-order valence-corrected chi connectivity index (χ4v) is 3.65. The number of urea groups is 1. The number of aromatic nitrogens is 3. The zero-order valence-electron chi connectivity index (χ0n) is 15.1. The molecule has 2 aliphatic heterocycles. The van der Waals surface area contributed by atoms with Crippen LogP contribution in [0.2, 0.25) is 0 Å². The van der Waals surface area contributed by atoms with Gasteiger partial charge < -0.3 is 19.5 Å². The van der Waals surface area contributed by atoms with Gasteiger partial charge in [0.1, 0.15) is 5.82 Å². The van der Waals surface area contributed by atoms with Crippen molar-refractivity contribution in [1.29, 1.82) is 0 Å². The molecule has 2 fully saturated rings. The number of ether oxygens (including phenoxy) is 1. The smallest absolute Gasteiger partial charge is 0.317 e. The summed E-state index contributed by atoms with van der Waals surface area (Å²) in [5, 5.41) is 2.99. The summed E-state index contributed by atoms with van der Waals surface area (Å²) in [6.07, 6.45) is 7.80. The number of hydrogen-bond acceptors (Lipinski definition) is 4. The van der Waals surface area contributed by atoms with Crippen LogP contribution in [0.25, 0.3) is 11.4 Å². The number of hydrogen-bond donors (Lipinski definition) is 1. The summed E-state index contributed by atoms with van der Waals surface area (Å²) in [4.78, 5) is 22.7. The molecule has 1 N–H and O–H groups in total. The maximum atomic E-state index is 12.2. The molecule has 0 saturated carbocycles. The van der Waals surface area contributed by atoms with Crippen LogP contribution in [-0.4, -0.2) is 57.8 Å². The average Bonchev–Trinajstić information content (AvgIpc) is 3.26. The quantitative estimate of drug-likeness (QED) is 0.891. The zero-order valence-corrected chi connectivity index (χ0v) is 15.1. The summed E-state index contributed by atoms with van der Waals surface area (Å²) >= 11 is 0. The van der Waals surface area contributed by atoms with Crippen LogP contribution in [0, 0.1) is 12.8 Å². The van der Waals surface area contributed by atoms with Crippen molar-refractivity contribution in [2.24, 2.45) is 5.92 Å². The van der Waals surface area contributed by atoms with Crippen LogP contribution in [0.15, 0.2) is 30.7 Å². The lowest BCUT2D eigenvalue weighted by atomic mass is 10.0. The minimum atomic E-state index is 0.0217. The Morgan fingerprint density at radius 1 is 1.35 bits per heavy atom. The SMILES string of the molecule is Cc1cnc(-c2ccncc2)n1CC1CN(C(=O)NCC2CCCO2)C1. The molecular formula is C19H25N5O2. The third kappa shape index (κ3) is 3.58. The molecule has 0 aromatic carbocycles. The van der Waals surface area contributed by atoms with E-state index in [1.165, 1.54) is 0 Å². The highest BCUT2D eigenvalue weighted by Crippen LogP contribution is 2.24. The van der Waals surface area contributed by atoms with Crippen LogP contribution < -0.4 is 5.32 Å². The maximum absolute atomic E-state index is 12.2. The van der Waals surface area contributed by atoms with Crippen molar-refractivity contribution >= 4 is 6.03 Å². The molecule has 4 heterocycles. The summed E-state index contributed by atoms with van der Waals surface area (Å²) in [6.45, 7) is 5.94. The number of pyridine rings is 1. The molecule has 4 rings (SSSR count). The first-order chi connectivity index (χ1) is 12.7. The van der Waals surface area contributed by atoms with Crippen molar-refractivity contribution in [2.45, 2.75) is 32.4 Å². The third-order valence-electron chi connectivity index (χ3n) is 5.18. The number of aryl methyl sites for hydroxylation is 1. The first kappa shape index (κ1) is 17.0. The topological polar surface area (TPSA) is 72.3 Å². The Kier molecular flexibility index (Phi) is 4.88. The third-order valence-corrected chi connectivity index (χ3v) is 5.18. The average molecular weight is 355 g/mol. The van der Waals surface area contributed by atoms with Gasteiger partial charge in [-0.25, -0.2) is 9.78 Å². The van der Waals surface area contributed by atoms with E-state index in [2.05, 4.69) is 26.8 Å². The second-order valence-electron chi connectivity index (χ2n) is 7.16. The van der Waals surface area contributed by atoms with Gasteiger partial charge in [-0.1, -0.05) is 0 Å². The fraction of sp³-hybridized carbons (Fsp3) is 0.526. The Morgan fingerprint density at radius 2 is 2.15 bits per heavy atom. The molecule has 2 aromatic rings. The molecule has 0 spiro atoms. The van der Waals surface area contributed by atoms with Crippen LogP contribution in [0.1, 0.15) is 18.5 Å². The van der Waals surface area contributed by atoms with Gasteiger partial charge >= 0.3 is 6.03 Å². The van der Waals surface area contributed by atoms with Gasteiger partial charge in [-0.2, -0.15) is 0 Å². The summed E-state index contributed by atoms with van der Waals surface area (Å²) in [5.74, 6) is 1.42. The monoisotopic (exact) mass is 355 g/mol. The molecule has 2 aromatic heterocycles. The second kappa shape index (κ2) is 7.45. The molecule has 26 heavy (non-hydrogen) atoms. The minimum absolute atomic E-state index is 0.0217. The van der Waals surface area contributed by atoms with E-state index in [1.54, 1.807) is 12.4 Å². The zero-order chi connectivity index (χ0) is 17.9. The number of imidazole rings is 1. The Hall–Kier alpha value is -2.41. The Balaban J connectivity index is 1.30. The summed E-state index contributed by atoms with van der Waals surface area (Å²) in [5.41, 5.74) is 2.21. The van der Waals surface area contributed by atoms with Crippen molar-refractivity contribution in [1.82, 2.24) is 24.8 Å². The molecule has 2 amide bonds. The number of amides is 2. The van der Waals surface area contributed by atoms with Crippen LogP contribution in [0.4, 0.5) is 4.79 Å². The first-order valence-corrected chi connectivity index (χ1v) is 9.27. The van der Waals surface area contributed by atoms with E-state index in [0.29, 0.717) is 12.5 Å². The number of carbonyl (C=O) groups is 1. The van der Waals surface area contributed by atoms with Crippen LogP contribution >= 0.6 is 0 Å². The molecule has 0 radical (unpaired) electrons. The second-order valence-corrected chi connectivity index (χ2v) is 7.16. The minimum Gasteiger partial charge on any atom is -0.376 e. The first-order valence-electron chi connectivity index (χ1n) is 9.27. The lowest BCUT2D eigenvalue weighted by Crippen LogP contribution is -2.55. The number of nitrogens with zero attached hydrogens (tertiary/aromatic N) is 4. The van der Waals surface area contributed by atoms with Gasteiger partial charge in [0.05, 0.1) is 6.10 Å². The van der Waals surface area contributed by atoms with Gasteiger partial charge in [0.2, 0.25) is 0 Å². The highest BCUT2D eigenvalue weighted by Gasteiger charge is 2.32. The predicted molar refractivity (Wildman–Crippen MR) is 97.6 cm³/mol. The Morgan fingerprint density at radius 3 is 2.88 bits per heavy atom. The van der Waals surface area contributed by atoms with E-state index in [1.807, 2.05) is 23.2 Å². The molecule has 2 saturated heterocycles. The fourth-order valence-electron chi connectivity index (χ4n) is 3.65. The van der Waals surface area contributed by atoms with Gasteiger partial charge in [0.25, 0.3) is 0 Å². The van der Waals surface area contributed by atoms with Gasteiger partial charge in [-0.3, -0.25) is 4.98 Å². The standard InChI is InChI=1S/C19H25N5O2/c1-14-9-21-18(16-4-6-20-7-5-16)24(14)13-15-11-23(12-15)19(25)22-10-17-3-2-8-26-17/h4-7,9,15,17H,2-3,8,10-13H2,1H3,(H,22,25). The van der Waals surface area contributed by atoms with Crippen molar-refractivity contribution in [2.75, 3.05) is 26.2 Å². The molecule has 0 aliphatic carbocycles. The molecule has 138 valence electrons. The van der Waals surface area contributed by atoms with Crippen molar-refractivity contribution < 1.29 is 9.53 Å². The van der Waals surface area contributed by atoms with Crippen molar-refractivity contribution in [3.05, 3.63) is 36.4 Å². The largest absolute Gasteiger partial charge is 0.376 e. The summed E-state index contributed by atoms with van der Waals surface area (Å²) < 4.78 is 7.78. The summed E-state index contributed by atoms with van der Waals surface area (Å²) in [7, 11) is 0. The van der Waals surface area contributed by atoms with Crippen LogP contribution in [-0.2, 0) is 11.3 Å². The van der Waals surface area contributed by atoms with E-state index < -0.39 is 0 Å². The Bertz CT molecular complexity index is 749. The number of likely N-dealkylation sites (tertiary alicyclic amines) is 1. The maximum Gasteiger partial charge on any atom is 0.317 e. The van der Waals surface area contributed by atoms with Crippen molar-refractivity contribution in [3.8, 4) is 11.4 Å².